The van der Waals surface area contributed by atoms with Crippen molar-refractivity contribution in [1.82, 2.24) is 0 Å². The summed E-state index contributed by atoms with van der Waals surface area (Å²) in [6.45, 7) is 6.20. The van der Waals surface area contributed by atoms with Crippen LogP contribution in [0.4, 0.5) is 0 Å². The summed E-state index contributed by atoms with van der Waals surface area (Å²) >= 11 is 5.87. The Morgan fingerprint density at radius 3 is 2.50 bits per heavy atom. The summed E-state index contributed by atoms with van der Waals surface area (Å²) in [7, 11) is 0. The van der Waals surface area contributed by atoms with Crippen molar-refractivity contribution < 1.29 is 0 Å². The van der Waals surface area contributed by atoms with Gasteiger partial charge in [-0.1, -0.05) is 36.6 Å². The van der Waals surface area contributed by atoms with Gasteiger partial charge in [0.1, 0.15) is 0 Å². The first-order valence-electron chi connectivity index (χ1n) is 3.69. The Kier molecular flexibility index (Phi) is 5.42. The lowest BCUT2D eigenvalue weighted by molar-refractivity contribution is 0.943. The molecule has 0 unspecified atom stereocenters. The molecule has 0 aromatic rings. The van der Waals surface area contributed by atoms with Crippen LogP contribution in [-0.2, 0) is 0 Å². The third-order valence-electron chi connectivity index (χ3n) is 1.33. The Morgan fingerprint density at radius 2 is 2.10 bits per heavy atom. The number of hydrogen-bond acceptors (Lipinski definition) is 0. The average molecular weight is 159 g/mol. The lowest BCUT2D eigenvalue weighted by Crippen LogP contribution is -1.73. The van der Waals surface area contributed by atoms with Crippen molar-refractivity contribution in [3.8, 4) is 0 Å². The maximum absolute atomic E-state index is 5.87. The lowest BCUT2D eigenvalue weighted by Gasteiger charge is -1.94. The monoisotopic (exact) mass is 158 g/mol. The van der Waals surface area contributed by atoms with E-state index in [-0.39, 0.29) is 0 Å². The van der Waals surface area contributed by atoms with Gasteiger partial charge in [0, 0.05) is 5.03 Å². The second-order valence-corrected chi connectivity index (χ2v) is 2.86. The molecule has 58 valence electrons. The SMILES string of the molecule is C/C=C(C)\C=C(\Cl)CCC. The van der Waals surface area contributed by atoms with E-state index in [0.29, 0.717) is 0 Å². The molecule has 0 atom stereocenters. The van der Waals surface area contributed by atoms with E-state index < -0.39 is 0 Å². The highest BCUT2D eigenvalue weighted by Gasteiger charge is 1.88. The Labute approximate surface area is 68.6 Å². The normalized spacial score (nSPS) is 14.0. The summed E-state index contributed by atoms with van der Waals surface area (Å²) in [5.74, 6) is 0. The highest BCUT2D eigenvalue weighted by atomic mass is 35.5. The van der Waals surface area contributed by atoms with E-state index in [0.717, 1.165) is 17.9 Å². The molecule has 0 N–H and O–H groups in total. The highest BCUT2D eigenvalue weighted by molar-refractivity contribution is 6.29. The van der Waals surface area contributed by atoms with Crippen LogP contribution in [0.1, 0.15) is 33.6 Å². The second kappa shape index (κ2) is 5.55. The van der Waals surface area contributed by atoms with Crippen molar-refractivity contribution in [3.05, 3.63) is 22.8 Å². The summed E-state index contributed by atoms with van der Waals surface area (Å²) in [6, 6.07) is 0. The molecule has 0 amide bonds. The molecule has 0 rings (SSSR count). The van der Waals surface area contributed by atoms with Gasteiger partial charge in [-0.3, -0.25) is 0 Å². The topological polar surface area (TPSA) is 0 Å². The van der Waals surface area contributed by atoms with Gasteiger partial charge in [0.2, 0.25) is 0 Å². The molecule has 0 aliphatic carbocycles. The zero-order valence-electron chi connectivity index (χ0n) is 6.95. The number of halogens is 1. The summed E-state index contributed by atoms with van der Waals surface area (Å²) in [6.07, 6.45) is 6.18. The first kappa shape index (κ1) is 9.77. The molecule has 0 aliphatic rings. The molecule has 0 bridgehead atoms. The smallest absolute Gasteiger partial charge is 0.0183 e. The molecule has 0 saturated heterocycles. The van der Waals surface area contributed by atoms with Crippen LogP contribution in [0.2, 0.25) is 0 Å². The predicted octanol–water partition coefficient (Wildman–Crippen LogP) is 3.88. The van der Waals surface area contributed by atoms with Gasteiger partial charge < -0.3 is 0 Å². The Hall–Kier alpha value is -0.230. The van der Waals surface area contributed by atoms with Crippen LogP contribution in [0.15, 0.2) is 22.8 Å². The molecule has 0 heterocycles. The van der Waals surface area contributed by atoms with Crippen molar-refractivity contribution >= 4 is 11.6 Å². The van der Waals surface area contributed by atoms with E-state index in [1.54, 1.807) is 0 Å². The van der Waals surface area contributed by atoms with Gasteiger partial charge in [-0.25, -0.2) is 0 Å². The summed E-state index contributed by atoms with van der Waals surface area (Å²) < 4.78 is 0. The Morgan fingerprint density at radius 1 is 1.50 bits per heavy atom. The van der Waals surface area contributed by atoms with Crippen molar-refractivity contribution in [2.45, 2.75) is 33.6 Å². The van der Waals surface area contributed by atoms with Crippen molar-refractivity contribution in [2.75, 3.05) is 0 Å². The van der Waals surface area contributed by atoms with E-state index in [1.165, 1.54) is 5.57 Å². The minimum atomic E-state index is 0.957. The van der Waals surface area contributed by atoms with Crippen LogP contribution in [0.5, 0.6) is 0 Å². The zero-order valence-corrected chi connectivity index (χ0v) is 7.70. The molecule has 0 aromatic heterocycles. The minimum Gasteiger partial charge on any atom is -0.0891 e. The molecular weight excluding hydrogens is 144 g/mol. The number of hydrogen-bond donors (Lipinski definition) is 0. The lowest BCUT2D eigenvalue weighted by atomic mass is 10.2. The quantitative estimate of drug-likeness (QED) is 0.547. The van der Waals surface area contributed by atoms with E-state index in [2.05, 4.69) is 19.9 Å². The van der Waals surface area contributed by atoms with Gasteiger partial charge >= 0.3 is 0 Å². The van der Waals surface area contributed by atoms with Crippen LogP contribution < -0.4 is 0 Å². The second-order valence-electron chi connectivity index (χ2n) is 2.37. The third-order valence-corrected chi connectivity index (χ3v) is 1.63. The van der Waals surface area contributed by atoms with Gasteiger partial charge in [-0.05, 0) is 26.3 Å². The Balaban J connectivity index is 3.90. The molecule has 0 spiro atoms. The van der Waals surface area contributed by atoms with Gasteiger partial charge in [0.25, 0.3) is 0 Å². The molecule has 0 nitrogen and oxygen atoms in total. The molecule has 0 aliphatic heterocycles. The molecule has 0 aromatic carbocycles. The number of rotatable bonds is 3. The van der Waals surface area contributed by atoms with Crippen LogP contribution >= 0.6 is 11.6 Å². The number of allylic oxidation sites excluding steroid dienone is 4. The van der Waals surface area contributed by atoms with E-state index in [4.69, 9.17) is 11.6 Å². The third kappa shape index (κ3) is 4.63. The van der Waals surface area contributed by atoms with Gasteiger partial charge in [0.15, 0.2) is 0 Å². The maximum Gasteiger partial charge on any atom is 0.0183 e. The summed E-state index contributed by atoms with van der Waals surface area (Å²) in [5.41, 5.74) is 1.23. The fraction of sp³-hybridized carbons (Fsp3) is 0.556. The average Bonchev–Trinajstić information content (AvgIpc) is 1.88. The van der Waals surface area contributed by atoms with Gasteiger partial charge in [-0.15, -0.1) is 0 Å². The molecule has 0 radical (unpaired) electrons. The largest absolute Gasteiger partial charge is 0.0891 e. The molecular formula is C9H15Cl. The summed E-state index contributed by atoms with van der Waals surface area (Å²) in [4.78, 5) is 0. The molecule has 0 fully saturated rings. The van der Waals surface area contributed by atoms with E-state index in [9.17, 15) is 0 Å². The van der Waals surface area contributed by atoms with E-state index >= 15 is 0 Å². The van der Waals surface area contributed by atoms with Gasteiger partial charge in [-0.2, -0.15) is 0 Å². The first-order chi connectivity index (χ1) is 4.70. The fourth-order valence-corrected chi connectivity index (χ4v) is 1.00. The Bertz CT molecular complexity index is 143. The van der Waals surface area contributed by atoms with Crippen LogP contribution in [-0.4, -0.2) is 0 Å². The molecule has 1 heteroatoms. The standard InChI is InChI=1S/C9H15Cl/c1-4-6-9(10)7-8(3)5-2/h5,7H,4,6H2,1-3H3/b8-5-,9-7+. The van der Waals surface area contributed by atoms with Crippen molar-refractivity contribution in [3.63, 3.8) is 0 Å². The fourth-order valence-electron chi connectivity index (χ4n) is 0.641. The maximum atomic E-state index is 5.87. The van der Waals surface area contributed by atoms with E-state index in [1.807, 2.05) is 13.0 Å². The zero-order chi connectivity index (χ0) is 7.98. The van der Waals surface area contributed by atoms with Gasteiger partial charge in [0.05, 0.1) is 0 Å². The first-order valence-corrected chi connectivity index (χ1v) is 4.07. The molecule has 0 saturated carbocycles. The summed E-state index contributed by atoms with van der Waals surface area (Å²) in [5, 5.41) is 0.957. The molecule has 10 heavy (non-hydrogen) atoms. The predicted molar refractivity (Wildman–Crippen MR) is 48.3 cm³/mol. The van der Waals surface area contributed by atoms with Crippen LogP contribution in [0, 0.1) is 0 Å². The van der Waals surface area contributed by atoms with Crippen LogP contribution in [0.3, 0.4) is 0 Å². The highest BCUT2D eigenvalue weighted by Crippen LogP contribution is 2.12. The van der Waals surface area contributed by atoms with Crippen molar-refractivity contribution in [2.24, 2.45) is 0 Å². The van der Waals surface area contributed by atoms with Crippen LogP contribution in [0.25, 0.3) is 0 Å². The van der Waals surface area contributed by atoms with Crippen molar-refractivity contribution in [1.29, 1.82) is 0 Å². The minimum absolute atomic E-state index is 0.957.